The number of amides is 1. The summed E-state index contributed by atoms with van der Waals surface area (Å²) < 4.78 is 33.3. The van der Waals surface area contributed by atoms with Crippen molar-refractivity contribution < 1.29 is 18.3 Å². The Labute approximate surface area is 181 Å². The highest BCUT2D eigenvalue weighted by molar-refractivity contribution is 6.04. The Morgan fingerprint density at radius 3 is 2.34 bits per heavy atom. The van der Waals surface area contributed by atoms with Crippen LogP contribution < -0.4 is 15.6 Å². The zero-order chi connectivity index (χ0) is 22.5. The average Bonchev–Trinajstić information content (AvgIpc) is 2.79. The Morgan fingerprint density at radius 2 is 1.62 bits per heavy atom. The van der Waals surface area contributed by atoms with Crippen LogP contribution in [0.25, 0.3) is 5.69 Å². The van der Waals surface area contributed by atoms with Crippen molar-refractivity contribution in [3.8, 4) is 11.6 Å². The number of ether oxygens (including phenoxy) is 1. The van der Waals surface area contributed by atoms with E-state index in [4.69, 9.17) is 4.74 Å². The molecule has 0 bridgehead atoms. The Balaban J connectivity index is 1.49. The fourth-order valence-electron chi connectivity index (χ4n) is 2.96. The zero-order valence-electron chi connectivity index (χ0n) is 16.7. The summed E-state index contributed by atoms with van der Waals surface area (Å²) in [5.41, 5.74) is 1.32. The fraction of sp³-hybridized carbons (Fsp3) is 0.0417. The Morgan fingerprint density at radius 1 is 0.906 bits per heavy atom. The van der Waals surface area contributed by atoms with Gasteiger partial charge in [-0.25, -0.2) is 8.78 Å². The molecule has 4 aromatic rings. The zero-order valence-corrected chi connectivity index (χ0v) is 16.7. The lowest BCUT2D eigenvalue weighted by molar-refractivity contribution is 0.102. The minimum absolute atomic E-state index is 0.0855. The summed E-state index contributed by atoms with van der Waals surface area (Å²) in [6.45, 7) is 0.0855. The number of hydrogen-bond donors (Lipinski definition) is 1. The second-order valence-electron chi connectivity index (χ2n) is 6.85. The van der Waals surface area contributed by atoms with Crippen LogP contribution in [0.1, 0.15) is 15.9 Å². The first-order valence-corrected chi connectivity index (χ1v) is 9.63. The molecule has 0 radical (unpaired) electrons. The van der Waals surface area contributed by atoms with E-state index < -0.39 is 11.7 Å². The van der Waals surface area contributed by atoms with Crippen LogP contribution in [0.4, 0.5) is 14.5 Å². The van der Waals surface area contributed by atoms with Crippen molar-refractivity contribution in [1.82, 2.24) is 9.78 Å². The first kappa shape index (κ1) is 20.9. The second-order valence-corrected chi connectivity index (χ2v) is 6.85. The predicted molar refractivity (Wildman–Crippen MR) is 115 cm³/mol. The maximum atomic E-state index is 13.3. The van der Waals surface area contributed by atoms with E-state index in [1.54, 1.807) is 30.3 Å². The maximum Gasteiger partial charge on any atom is 0.271 e. The van der Waals surface area contributed by atoms with Gasteiger partial charge in [-0.2, -0.15) is 4.68 Å². The van der Waals surface area contributed by atoms with Gasteiger partial charge < -0.3 is 10.1 Å². The van der Waals surface area contributed by atoms with Gasteiger partial charge in [0.15, 0.2) is 0 Å². The molecule has 0 atom stereocenters. The summed E-state index contributed by atoms with van der Waals surface area (Å²) in [5, 5.41) is 6.78. The largest absolute Gasteiger partial charge is 0.472 e. The van der Waals surface area contributed by atoms with Crippen LogP contribution in [0.2, 0.25) is 0 Å². The van der Waals surface area contributed by atoms with Crippen LogP contribution in [0, 0.1) is 11.6 Å². The number of rotatable bonds is 6. The Hall–Kier alpha value is -4.33. The summed E-state index contributed by atoms with van der Waals surface area (Å²) in [5.74, 6) is -1.06. The number of anilines is 1. The third kappa shape index (κ3) is 5.04. The highest BCUT2D eigenvalue weighted by Crippen LogP contribution is 2.14. The standard InChI is InChI=1S/C24H17F2N3O3/c25-18-4-1-3-16(13-18)15-32-22-11-12-23(30)29(28-22)21-9-7-17(8-10-21)24(31)27-20-6-2-5-19(26)14-20/h1-14H,15H2,(H,27,31). The lowest BCUT2D eigenvalue weighted by atomic mass is 10.2. The van der Waals surface area contributed by atoms with Crippen LogP contribution in [0.15, 0.2) is 89.7 Å². The summed E-state index contributed by atoms with van der Waals surface area (Å²) >= 11 is 0. The molecule has 0 aliphatic heterocycles. The summed E-state index contributed by atoms with van der Waals surface area (Å²) in [7, 11) is 0. The SMILES string of the molecule is O=C(Nc1cccc(F)c1)c1ccc(-n2nc(OCc3cccc(F)c3)ccc2=O)cc1. The lowest BCUT2D eigenvalue weighted by Crippen LogP contribution is -2.20. The molecule has 6 nitrogen and oxygen atoms in total. The van der Waals surface area contributed by atoms with Gasteiger partial charge in [-0.3, -0.25) is 9.59 Å². The number of carbonyl (C=O) groups excluding carboxylic acids is 1. The smallest absolute Gasteiger partial charge is 0.271 e. The minimum atomic E-state index is -0.455. The molecule has 1 heterocycles. The van der Waals surface area contributed by atoms with Crippen LogP contribution in [-0.4, -0.2) is 15.7 Å². The second kappa shape index (κ2) is 9.22. The molecule has 0 fully saturated rings. The molecule has 1 N–H and O–H groups in total. The minimum Gasteiger partial charge on any atom is -0.472 e. The van der Waals surface area contributed by atoms with Gasteiger partial charge in [-0.15, -0.1) is 5.10 Å². The van der Waals surface area contributed by atoms with Crippen LogP contribution in [-0.2, 0) is 6.61 Å². The van der Waals surface area contributed by atoms with Gasteiger partial charge in [0.05, 0.1) is 5.69 Å². The normalized spacial score (nSPS) is 10.6. The van der Waals surface area contributed by atoms with E-state index in [0.717, 1.165) is 4.68 Å². The van der Waals surface area contributed by atoms with E-state index in [9.17, 15) is 18.4 Å². The number of halogens is 2. The van der Waals surface area contributed by atoms with E-state index in [2.05, 4.69) is 10.4 Å². The highest BCUT2D eigenvalue weighted by Gasteiger charge is 2.09. The molecule has 8 heteroatoms. The third-order valence-electron chi connectivity index (χ3n) is 4.51. The monoisotopic (exact) mass is 433 g/mol. The molecule has 4 rings (SSSR count). The van der Waals surface area contributed by atoms with Gasteiger partial charge in [0.2, 0.25) is 5.88 Å². The van der Waals surface area contributed by atoms with E-state index in [1.807, 2.05) is 0 Å². The molecule has 0 aliphatic carbocycles. The molecule has 0 aliphatic rings. The molecular formula is C24H17F2N3O3. The number of carbonyl (C=O) groups is 1. The van der Waals surface area contributed by atoms with Gasteiger partial charge in [-0.1, -0.05) is 18.2 Å². The summed E-state index contributed by atoms with van der Waals surface area (Å²) in [4.78, 5) is 24.6. The average molecular weight is 433 g/mol. The van der Waals surface area contributed by atoms with E-state index in [-0.39, 0.29) is 23.9 Å². The molecular weight excluding hydrogens is 416 g/mol. The van der Waals surface area contributed by atoms with Crippen molar-refractivity contribution in [2.24, 2.45) is 0 Å². The van der Waals surface area contributed by atoms with Crippen molar-refractivity contribution >= 4 is 11.6 Å². The molecule has 1 aromatic heterocycles. The van der Waals surface area contributed by atoms with Crippen molar-refractivity contribution in [2.75, 3.05) is 5.32 Å². The number of nitrogens with zero attached hydrogens (tertiary/aromatic N) is 2. The number of nitrogens with one attached hydrogen (secondary N) is 1. The summed E-state index contributed by atoms with van der Waals surface area (Å²) in [6, 6.07) is 20.5. The molecule has 160 valence electrons. The van der Waals surface area contributed by atoms with Gasteiger partial charge in [0.25, 0.3) is 11.5 Å². The summed E-state index contributed by atoms with van der Waals surface area (Å²) in [6.07, 6.45) is 0. The Kier molecular flexibility index (Phi) is 6.03. The van der Waals surface area contributed by atoms with E-state index >= 15 is 0 Å². The van der Waals surface area contributed by atoms with E-state index in [1.165, 1.54) is 54.6 Å². The molecule has 0 spiro atoms. The molecule has 0 saturated heterocycles. The number of benzene rings is 3. The quantitative estimate of drug-likeness (QED) is 0.491. The molecule has 3 aromatic carbocycles. The van der Waals surface area contributed by atoms with Gasteiger partial charge in [0, 0.05) is 23.4 Å². The van der Waals surface area contributed by atoms with Gasteiger partial charge >= 0.3 is 0 Å². The van der Waals surface area contributed by atoms with Gasteiger partial charge in [0.1, 0.15) is 18.2 Å². The third-order valence-corrected chi connectivity index (χ3v) is 4.51. The Bertz CT molecular complexity index is 1320. The van der Waals surface area contributed by atoms with Crippen LogP contribution >= 0.6 is 0 Å². The maximum absolute atomic E-state index is 13.3. The van der Waals surface area contributed by atoms with E-state index in [0.29, 0.717) is 22.5 Å². The molecule has 0 unspecified atom stereocenters. The van der Waals surface area contributed by atoms with Crippen LogP contribution in [0.5, 0.6) is 5.88 Å². The molecule has 32 heavy (non-hydrogen) atoms. The first-order chi connectivity index (χ1) is 15.5. The number of aromatic nitrogens is 2. The van der Waals surface area contributed by atoms with Crippen molar-refractivity contribution in [3.05, 3.63) is 118 Å². The van der Waals surface area contributed by atoms with Crippen molar-refractivity contribution in [1.29, 1.82) is 0 Å². The molecule has 1 amide bonds. The van der Waals surface area contributed by atoms with Crippen molar-refractivity contribution in [2.45, 2.75) is 6.61 Å². The highest BCUT2D eigenvalue weighted by atomic mass is 19.1. The lowest BCUT2D eigenvalue weighted by Gasteiger charge is -2.10. The first-order valence-electron chi connectivity index (χ1n) is 9.63. The van der Waals surface area contributed by atoms with Crippen molar-refractivity contribution in [3.63, 3.8) is 0 Å². The molecule has 0 saturated carbocycles. The van der Waals surface area contributed by atoms with Crippen LogP contribution in [0.3, 0.4) is 0 Å². The predicted octanol–water partition coefficient (Wildman–Crippen LogP) is 4.34. The fourth-order valence-corrected chi connectivity index (χ4v) is 2.96. The van der Waals surface area contributed by atoms with Gasteiger partial charge in [-0.05, 0) is 60.2 Å². The number of hydrogen-bond acceptors (Lipinski definition) is 4. The topological polar surface area (TPSA) is 73.2 Å².